The van der Waals surface area contributed by atoms with Gasteiger partial charge in [0.2, 0.25) is 5.91 Å². The quantitative estimate of drug-likeness (QED) is 0.519. The Balaban J connectivity index is 5.04. The van der Waals surface area contributed by atoms with Crippen molar-refractivity contribution in [1.82, 2.24) is 10.6 Å². The number of aliphatic hydroxyl groups is 1. The molecule has 0 aliphatic rings. The molecule has 0 spiro atoms. The maximum absolute atomic E-state index is 11.9. The highest BCUT2D eigenvalue weighted by molar-refractivity contribution is 5.86. The first kappa shape index (κ1) is 21.2. The van der Waals surface area contributed by atoms with E-state index in [9.17, 15) is 19.5 Å². The van der Waals surface area contributed by atoms with Crippen LogP contribution in [0, 0.1) is 11.3 Å². The molecular weight excluding hydrogens is 304 g/mol. The topological polar surface area (TPSA) is 125 Å². The SMILES string of the molecule is CC(C)C(CNC(=O)OC(C)(C)C)(CC(=O)NCCO)C(=O)O. The van der Waals surface area contributed by atoms with E-state index in [2.05, 4.69) is 10.6 Å². The van der Waals surface area contributed by atoms with E-state index in [1.54, 1.807) is 34.6 Å². The van der Waals surface area contributed by atoms with Crippen LogP contribution < -0.4 is 10.6 Å². The van der Waals surface area contributed by atoms with Crippen LogP contribution >= 0.6 is 0 Å². The van der Waals surface area contributed by atoms with Crippen LogP contribution in [-0.2, 0) is 14.3 Å². The second-order valence-electron chi connectivity index (χ2n) is 6.72. The van der Waals surface area contributed by atoms with Crippen LogP contribution in [0.5, 0.6) is 0 Å². The smallest absolute Gasteiger partial charge is 0.407 e. The third-order valence-corrected chi connectivity index (χ3v) is 3.39. The normalized spacial score (nSPS) is 14.0. The zero-order valence-corrected chi connectivity index (χ0v) is 14.4. The lowest BCUT2D eigenvalue weighted by atomic mass is 9.74. The van der Waals surface area contributed by atoms with Gasteiger partial charge in [0, 0.05) is 19.5 Å². The molecule has 0 saturated heterocycles. The number of amides is 2. The lowest BCUT2D eigenvalue weighted by Gasteiger charge is -2.33. The van der Waals surface area contributed by atoms with Gasteiger partial charge in [-0.05, 0) is 26.7 Å². The second kappa shape index (κ2) is 8.71. The van der Waals surface area contributed by atoms with Gasteiger partial charge in [0.15, 0.2) is 0 Å². The fraction of sp³-hybridized carbons (Fsp3) is 0.800. The van der Waals surface area contributed by atoms with Crippen LogP contribution in [-0.4, -0.2) is 53.5 Å². The van der Waals surface area contributed by atoms with Gasteiger partial charge in [-0.2, -0.15) is 0 Å². The highest BCUT2D eigenvalue weighted by atomic mass is 16.6. The van der Waals surface area contributed by atoms with Gasteiger partial charge in [0.05, 0.1) is 12.0 Å². The number of hydrogen-bond acceptors (Lipinski definition) is 5. The second-order valence-corrected chi connectivity index (χ2v) is 6.72. The van der Waals surface area contributed by atoms with E-state index in [0.29, 0.717) is 0 Å². The largest absolute Gasteiger partial charge is 0.481 e. The summed E-state index contributed by atoms with van der Waals surface area (Å²) in [7, 11) is 0. The van der Waals surface area contributed by atoms with Crippen molar-refractivity contribution in [3.05, 3.63) is 0 Å². The fourth-order valence-corrected chi connectivity index (χ4v) is 1.96. The van der Waals surface area contributed by atoms with Crippen molar-refractivity contribution in [2.24, 2.45) is 11.3 Å². The molecule has 23 heavy (non-hydrogen) atoms. The molecular formula is C15H28N2O6. The molecule has 4 N–H and O–H groups in total. The summed E-state index contributed by atoms with van der Waals surface area (Å²) >= 11 is 0. The Morgan fingerprint density at radius 1 is 1.13 bits per heavy atom. The molecule has 134 valence electrons. The molecule has 0 rings (SSSR count). The van der Waals surface area contributed by atoms with E-state index in [0.717, 1.165) is 0 Å². The van der Waals surface area contributed by atoms with Gasteiger partial charge in [0.25, 0.3) is 0 Å². The number of hydrogen-bond donors (Lipinski definition) is 4. The summed E-state index contributed by atoms with van der Waals surface area (Å²) in [6.07, 6.45) is -1.05. The summed E-state index contributed by atoms with van der Waals surface area (Å²) in [6.45, 7) is 8.01. The summed E-state index contributed by atoms with van der Waals surface area (Å²) in [6, 6.07) is 0. The molecule has 0 aromatic rings. The van der Waals surface area contributed by atoms with E-state index in [1.165, 1.54) is 0 Å². The Labute approximate surface area is 136 Å². The van der Waals surface area contributed by atoms with Crippen LogP contribution in [0.25, 0.3) is 0 Å². The first-order valence-corrected chi connectivity index (χ1v) is 7.52. The summed E-state index contributed by atoms with van der Waals surface area (Å²) < 4.78 is 5.09. The number of alkyl carbamates (subject to hydrolysis) is 1. The van der Waals surface area contributed by atoms with Crippen molar-refractivity contribution in [2.75, 3.05) is 19.7 Å². The average molecular weight is 332 g/mol. The zero-order valence-electron chi connectivity index (χ0n) is 14.4. The fourth-order valence-electron chi connectivity index (χ4n) is 1.96. The predicted molar refractivity (Wildman–Crippen MR) is 83.9 cm³/mol. The van der Waals surface area contributed by atoms with E-state index < -0.39 is 34.9 Å². The molecule has 0 heterocycles. The zero-order chi connectivity index (χ0) is 18.3. The third kappa shape index (κ3) is 7.32. The molecule has 0 aromatic carbocycles. The van der Waals surface area contributed by atoms with Gasteiger partial charge in [-0.1, -0.05) is 13.8 Å². The number of rotatable bonds is 8. The summed E-state index contributed by atoms with van der Waals surface area (Å²) in [5.74, 6) is -2.08. The molecule has 0 aliphatic carbocycles. The first-order chi connectivity index (χ1) is 10.4. The molecule has 0 aromatic heterocycles. The van der Waals surface area contributed by atoms with Crippen molar-refractivity contribution in [2.45, 2.75) is 46.6 Å². The van der Waals surface area contributed by atoms with Gasteiger partial charge in [-0.3, -0.25) is 9.59 Å². The monoisotopic (exact) mass is 332 g/mol. The van der Waals surface area contributed by atoms with E-state index in [1.807, 2.05) is 0 Å². The molecule has 0 fully saturated rings. The summed E-state index contributed by atoms with van der Waals surface area (Å²) in [4.78, 5) is 35.4. The third-order valence-electron chi connectivity index (χ3n) is 3.39. The van der Waals surface area contributed by atoms with Crippen molar-refractivity contribution >= 4 is 18.0 Å². The highest BCUT2D eigenvalue weighted by Crippen LogP contribution is 2.31. The summed E-state index contributed by atoms with van der Waals surface area (Å²) in [5, 5.41) is 23.2. The predicted octanol–water partition coefficient (Wildman–Crippen LogP) is 0.737. The maximum Gasteiger partial charge on any atom is 0.407 e. The average Bonchev–Trinajstić information content (AvgIpc) is 2.38. The Morgan fingerprint density at radius 3 is 2.09 bits per heavy atom. The molecule has 2 amide bonds. The van der Waals surface area contributed by atoms with Crippen LogP contribution in [0.2, 0.25) is 0 Å². The van der Waals surface area contributed by atoms with Gasteiger partial charge >= 0.3 is 12.1 Å². The van der Waals surface area contributed by atoms with E-state index in [-0.39, 0.29) is 26.1 Å². The number of carbonyl (C=O) groups is 3. The number of aliphatic carboxylic acids is 1. The molecule has 1 unspecified atom stereocenters. The molecule has 0 bridgehead atoms. The number of carbonyl (C=O) groups excluding carboxylic acids is 2. The summed E-state index contributed by atoms with van der Waals surface area (Å²) in [5.41, 5.74) is -2.16. The molecule has 0 radical (unpaired) electrons. The minimum atomic E-state index is -1.46. The molecule has 1 atom stereocenters. The molecule has 0 aliphatic heterocycles. The lowest BCUT2D eigenvalue weighted by Crippen LogP contribution is -2.50. The van der Waals surface area contributed by atoms with Crippen LogP contribution in [0.4, 0.5) is 4.79 Å². The number of aliphatic hydroxyl groups excluding tert-OH is 1. The highest BCUT2D eigenvalue weighted by Gasteiger charge is 2.44. The van der Waals surface area contributed by atoms with Crippen LogP contribution in [0.15, 0.2) is 0 Å². The Bertz CT molecular complexity index is 430. The van der Waals surface area contributed by atoms with Crippen LogP contribution in [0.3, 0.4) is 0 Å². The van der Waals surface area contributed by atoms with Crippen molar-refractivity contribution in [3.8, 4) is 0 Å². The minimum Gasteiger partial charge on any atom is -0.481 e. The van der Waals surface area contributed by atoms with Gasteiger partial charge in [-0.15, -0.1) is 0 Å². The van der Waals surface area contributed by atoms with Gasteiger partial charge in [0.1, 0.15) is 5.60 Å². The van der Waals surface area contributed by atoms with E-state index in [4.69, 9.17) is 9.84 Å². The first-order valence-electron chi connectivity index (χ1n) is 7.52. The Morgan fingerprint density at radius 2 is 1.70 bits per heavy atom. The Hall–Kier alpha value is -1.83. The maximum atomic E-state index is 11.9. The van der Waals surface area contributed by atoms with Crippen molar-refractivity contribution in [3.63, 3.8) is 0 Å². The number of nitrogens with one attached hydrogen (secondary N) is 2. The molecule has 8 heteroatoms. The van der Waals surface area contributed by atoms with Crippen molar-refractivity contribution in [1.29, 1.82) is 0 Å². The van der Waals surface area contributed by atoms with E-state index >= 15 is 0 Å². The van der Waals surface area contributed by atoms with Crippen LogP contribution in [0.1, 0.15) is 41.0 Å². The lowest BCUT2D eigenvalue weighted by molar-refractivity contribution is -0.154. The molecule has 8 nitrogen and oxygen atoms in total. The standard InChI is InChI=1S/C15H28N2O6/c1-10(2)15(12(20)21,8-11(19)16-6-7-18)9-17-13(22)23-14(3,4)5/h10,18H,6-9H2,1-5H3,(H,16,19)(H,17,22)(H,20,21). The number of carboxylic acids is 1. The number of carboxylic acid groups (broad SMARTS) is 1. The van der Waals surface area contributed by atoms with Crippen molar-refractivity contribution < 1.29 is 29.3 Å². The van der Waals surface area contributed by atoms with Gasteiger partial charge < -0.3 is 25.6 Å². The number of ether oxygens (including phenoxy) is 1. The molecule has 0 saturated carbocycles. The minimum absolute atomic E-state index is 0.0477. The Kier molecular flexibility index (Phi) is 8.02. The van der Waals surface area contributed by atoms with Gasteiger partial charge in [-0.25, -0.2) is 4.79 Å².